The van der Waals surface area contributed by atoms with Gasteiger partial charge in [-0.15, -0.1) is 0 Å². The molecule has 0 fully saturated rings. The number of rotatable bonds is 2. The molecule has 4 nitrogen and oxygen atoms in total. The van der Waals surface area contributed by atoms with E-state index in [1.807, 2.05) is 26.0 Å². The summed E-state index contributed by atoms with van der Waals surface area (Å²) in [5.41, 5.74) is 3.18. The van der Waals surface area contributed by atoms with Crippen molar-refractivity contribution >= 4 is 0 Å². The summed E-state index contributed by atoms with van der Waals surface area (Å²) in [5, 5.41) is 13.0. The fourth-order valence-electron chi connectivity index (χ4n) is 1.57. The fourth-order valence-corrected chi connectivity index (χ4v) is 1.57. The third-order valence-electron chi connectivity index (χ3n) is 2.43. The van der Waals surface area contributed by atoms with Crippen LogP contribution in [0.25, 0.3) is 11.5 Å². The lowest BCUT2D eigenvalue weighted by molar-refractivity contribution is 0.184. The molecule has 1 aromatic heterocycles. The highest BCUT2D eigenvalue weighted by molar-refractivity contribution is 5.58. The van der Waals surface area contributed by atoms with E-state index < -0.39 is 6.10 Å². The largest absolute Gasteiger partial charge is 0.385 e. The highest BCUT2D eigenvalue weighted by Gasteiger charge is 2.13. The lowest BCUT2D eigenvalue weighted by atomic mass is 10.1. The van der Waals surface area contributed by atoms with Gasteiger partial charge in [0.1, 0.15) is 6.10 Å². The molecular formula is C12H14N2O2. The van der Waals surface area contributed by atoms with Crippen LogP contribution in [-0.2, 0) is 0 Å². The van der Waals surface area contributed by atoms with Crippen molar-refractivity contribution in [3.8, 4) is 11.5 Å². The summed E-state index contributed by atoms with van der Waals surface area (Å²) in [6, 6.07) is 6.00. The van der Waals surface area contributed by atoms with Gasteiger partial charge in [0.2, 0.25) is 0 Å². The van der Waals surface area contributed by atoms with Crippen LogP contribution in [0.15, 0.2) is 22.7 Å². The van der Waals surface area contributed by atoms with Gasteiger partial charge in [-0.25, -0.2) is 0 Å². The fraction of sp³-hybridized carbons (Fsp3) is 0.333. The molecule has 0 saturated heterocycles. The Labute approximate surface area is 93.9 Å². The van der Waals surface area contributed by atoms with E-state index in [1.165, 1.54) is 5.56 Å². The molecule has 0 aliphatic rings. The van der Waals surface area contributed by atoms with Crippen LogP contribution in [0.3, 0.4) is 0 Å². The van der Waals surface area contributed by atoms with Gasteiger partial charge in [0, 0.05) is 5.56 Å². The molecule has 1 N–H and O–H groups in total. The van der Waals surface area contributed by atoms with Crippen molar-refractivity contribution in [2.75, 3.05) is 0 Å². The molecule has 0 bridgehead atoms. The van der Waals surface area contributed by atoms with Crippen LogP contribution in [0, 0.1) is 13.8 Å². The maximum absolute atomic E-state index is 9.31. The van der Waals surface area contributed by atoms with E-state index >= 15 is 0 Å². The first-order chi connectivity index (χ1) is 7.58. The summed E-state index contributed by atoms with van der Waals surface area (Å²) in [4.78, 5) is 4.14. The predicted octanol–water partition coefficient (Wildman–Crippen LogP) is 2.41. The first-order valence-electron chi connectivity index (χ1n) is 5.17. The van der Waals surface area contributed by atoms with Crippen molar-refractivity contribution in [2.24, 2.45) is 0 Å². The minimum atomic E-state index is -0.705. The number of aromatic nitrogens is 2. The normalized spacial score (nSPS) is 12.8. The van der Waals surface area contributed by atoms with Crippen LogP contribution >= 0.6 is 0 Å². The van der Waals surface area contributed by atoms with Gasteiger partial charge in [0.05, 0.1) is 0 Å². The number of aliphatic hydroxyl groups is 1. The molecule has 2 aromatic rings. The average molecular weight is 218 g/mol. The Morgan fingerprint density at radius 2 is 2.06 bits per heavy atom. The molecule has 4 heteroatoms. The van der Waals surface area contributed by atoms with Crippen LogP contribution in [-0.4, -0.2) is 15.2 Å². The Hall–Kier alpha value is -1.68. The van der Waals surface area contributed by atoms with Crippen molar-refractivity contribution in [3.05, 3.63) is 35.2 Å². The molecule has 1 unspecified atom stereocenters. The second-order valence-corrected chi connectivity index (χ2v) is 3.95. The van der Waals surface area contributed by atoms with Gasteiger partial charge in [-0.2, -0.15) is 4.98 Å². The number of hydrogen-bond donors (Lipinski definition) is 1. The molecule has 0 saturated carbocycles. The van der Waals surface area contributed by atoms with Crippen molar-refractivity contribution in [1.82, 2.24) is 10.1 Å². The molecule has 1 heterocycles. The van der Waals surface area contributed by atoms with Crippen molar-refractivity contribution in [3.63, 3.8) is 0 Å². The SMILES string of the molecule is Cc1ccc(-c2nc(C(C)O)no2)c(C)c1. The average Bonchev–Trinajstić information content (AvgIpc) is 2.66. The lowest BCUT2D eigenvalue weighted by Crippen LogP contribution is -1.93. The molecule has 0 radical (unpaired) electrons. The number of aliphatic hydroxyl groups excluding tert-OH is 1. The monoisotopic (exact) mass is 218 g/mol. The Bertz CT molecular complexity index is 503. The lowest BCUT2D eigenvalue weighted by Gasteiger charge is -2.01. The van der Waals surface area contributed by atoms with E-state index in [9.17, 15) is 5.11 Å². The summed E-state index contributed by atoms with van der Waals surface area (Å²) in [6.07, 6.45) is -0.705. The quantitative estimate of drug-likeness (QED) is 0.840. The second kappa shape index (κ2) is 4.06. The molecule has 0 aliphatic heterocycles. The number of benzene rings is 1. The summed E-state index contributed by atoms with van der Waals surface area (Å²) >= 11 is 0. The van der Waals surface area contributed by atoms with Crippen LogP contribution in [0.2, 0.25) is 0 Å². The van der Waals surface area contributed by atoms with Crippen molar-refractivity contribution in [2.45, 2.75) is 26.9 Å². The maximum atomic E-state index is 9.31. The smallest absolute Gasteiger partial charge is 0.258 e. The Kier molecular flexibility index (Phi) is 2.75. The molecule has 0 aliphatic carbocycles. The zero-order valence-electron chi connectivity index (χ0n) is 9.56. The van der Waals surface area contributed by atoms with E-state index in [1.54, 1.807) is 6.92 Å². The maximum Gasteiger partial charge on any atom is 0.258 e. The molecule has 0 amide bonds. The van der Waals surface area contributed by atoms with E-state index in [0.717, 1.165) is 11.1 Å². The molecular weight excluding hydrogens is 204 g/mol. The zero-order valence-corrected chi connectivity index (χ0v) is 9.56. The third-order valence-corrected chi connectivity index (χ3v) is 2.43. The Balaban J connectivity index is 2.42. The van der Waals surface area contributed by atoms with Crippen LogP contribution < -0.4 is 0 Å². The molecule has 16 heavy (non-hydrogen) atoms. The number of aryl methyl sites for hydroxylation is 2. The number of nitrogens with zero attached hydrogens (tertiary/aromatic N) is 2. The van der Waals surface area contributed by atoms with Gasteiger partial charge in [0.25, 0.3) is 5.89 Å². The van der Waals surface area contributed by atoms with Crippen LogP contribution in [0.4, 0.5) is 0 Å². The topological polar surface area (TPSA) is 59.2 Å². The summed E-state index contributed by atoms with van der Waals surface area (Å²) < 4.78 is 5.11. The van der Waals surface area contributed by atoms with Crippen LogP contribution in [0.5, 0.6) is 0 Å². The first-order valence-corrected chi connectivity index (χ1v) is 5.17. The molecule has 0 spiro atoms. The van der Waals surface area contributed by atoms with E-state index in [4.69, 9.17) is 4.52 Å². The van der Waals surface area contributed by atoms with E-state index in [-0.39, 0.29) is 0 Å². The number of hydrogen-bond acceptors (Lipinski definition) is 4. The van der Waals surface area contributed by atoms with Crippen molar-refractivity contribution in [1.29, 1.82) is 0 Å². The highest BCUT2D eigenvalue weighted by atomic mass is 16.5. The first kappa shape index (κ1) is 10.8. The van der Waals surface area contributed by atoms with Gasteiger partial charge in [-0.1, -0.05) is 22.9 Å². The Morgan fingerprint density at radius 3 is 2.62 bits per heavy atom. The van der Waals surface area contributed by atoms with Crippen molar-refractivity contribution < 1.29 is 9.63 Å². The molecule has 1 aromatic carbocycles. The van der Waals surface area contributed by atoms with Crippen LogP contribution in [0.1, 0.15) is 30.0 Å². The second-order valence-electron chi connectivity index (χ2n) is 3.95. The van der Waals surface area contributed by atoms with Gasteiger partial charge >= 0.3 is 0 Å². The minimum absolute atomic E-state index is 0.315. The molecule has 2 rings (SSSR count). The van der Waals surface area contributed by atoms with Gasteiger partial charge < -0.3 is 9.63 Å². The van der Waals surface area contributed by atoms with E-state index in [0.29, 0.717) is 11.7 Å². The van der Waals surface area contributed by atoms with Gasteiger partial charge in [-0.05, 0) is 32.4 Å². The third kappa shape index (κ3) is 1.97. The standard InChI is InChI=1S/C12H14N2O2/c1-7-4-5-10(8(2)6-7)12-13-11(9(3)15)14-16-12/h4-6,9,15H,1-3H3. The zero-order chi connectivity index (χ0) is 11.7. The molecule has 1 atom stereocenters. The highest BCUT2D eigenvalue weighted by Crippen LogP contribution is 2.23. The summed E-state index contributed by atoms with van der Waals surface area (Å²) in [7, 11) is 0. The summed E-state index contributed by atoms with van der Waals surface area (Å²) in [6.45, 7) is 5.64. The van der Waals surface area contributed by atoms with Gasteiger partial charge in [-0.3, -0.25) is 0 Å². The minimum Gasteiger partial charge on any atom is -0.385 e. The molecule has 84 valence electrons. The predicted molar refractivity (Wildman–Crippen MR) is 59.8 cm³/mol. The van der Waals surface area contributed by atoms with E-state index in [2.05, 4.69) is 16.2 Å². The van der Waals surface area contributed by atoms with Gasteiger partial charge in [0.15, 0.2) is 5.82 Å². The summed E-state index contributed by atoms with van der Waals surface area (Å²) in [5.74, 6) is 0.767. The Morgan fingerprint density at radius 1 is 1.31 bits per heavy atom.